The SMILES string of the molecule is CC[C@@H]1CN(c2cc(=O)n(C)c3cn(CC)nc23)[C@@H](C)CN1[C@H](C)c1ccc2nccnc2c1. The summed E-state index contributed by atoms with van der Waals surface area (Å²) in [6, 6.07) is 9.02. The number of aromatic nitrogens is 5. The van der Waals surface area contributed by atoms with Gasteiger partial charge in [0.1, 0.15) is 5.52 Å². The minimum atomic E-state index is 0.00599. The topological polar surface area (TPSA) is 72.1 Å². The normalized spacial score (nSPS) is 20.3. The van der Waals surface area contributed by atoms with Crippen LogP contribution in [0.15, 0.2) is 47.7 Å². The van der Waals surface area contributed by atoms with Gasteiger partial charge in [-0.3, -0.25) is 24.3 Å². The number of hydrogen-bond acceptors (Lipinski definition) is 6. The molecule has 3 atom stereocenters. The molecule has 0 aliphatic carbocycles. The Hall–Kier alpha value is -3.26. The Balaban J connectivity index is 1.48. The van der Waals surface area contributed by atoms with E-state index in [9.17, 15) is 4.79 Å². The van der Waals surface area contributed by atoms with Crippen molar-refractivity contribution in [3.05, 3.63) is 58.8 Å². The fourth-order valence-corrected chi connectivity index (χ4v) is 5.29. The van der Waals surface area contributed by atoms with Gasteiger partial charge in [0.25, 0.3) is 5.56 Å². The number of aryl methyl sites for hydroxylation is 2. The standard InChI is InChI=1S/C26H33N7O/c1-6-20-15-32(23-13-25(34)30(5)24-16-31(7-2)29-26(23)24)17(3)14-33(20)18(4)19-8-9-21-22(12-19)28-11-10-27-21/h8-13,16-18,20H,6-7,14-15H2,1-5H3/t17-,18+,20+/m0/s1. The molecule has 1 fully saturated rings. The summed E-state index contributed by atoms with van der Waals surface area (Å²) in [6.45, 7) is 11.4. The van der Waals surface area contributed by atoms with Gasteiger partial charge in [0.15, 0.2) is 0 Å². The largest absolute Gasteiger partial charge is 0.364 e. The molecule has 8 heteroatoms. The van der Waals surface area contributed by atoms with Gasteiger partial charge in [-0.1, -0.05) is 13.0 Å². The molecule has 1 saturated heterocycles. The Bertz CT molecular complexity index is 1390. The molecule has 34 heavy (non-hydrogen) atoms. The third kappa shape index (κ3) is 3.76. The predicted molar refractivity (Wildman–Crippen MR) is 136 cm³/mol. The molecular formula is C26H33N7O. The highest BCUT2D eigenvalue weighted by Gasteiger charge is 2.35. The van der Waals surface area contributed by atoms with Gasteiger partial charge < -0.3 is 9.47 Å². The lowest BCUT2D eigenvalue weighted by Gasteiger charge is -2.48. The monoisotopic (exact) mass is 459 g/mol. The Labute approximate surface area is 199 Å². The van der Waals surface area contributed by atoms with E-state index in [4.69, 9.17) is 5.10 Å². The van der Waals surface area contributed by atoms with Crippen LogP contribution in [0.25, 0.3) is 22.1 Å². The number of fused-ring (bicyclic) bond motifs is 2. The molecule has 0 unspecified atom stereocenters. The molecule has 0 saturated carbocycles. The zero-order chi connectivity index (χ0) is 24.0. The van der Waals surface area contributed by atoms with Crippen molar-refractivity contribution in [2.24, 2.45) is 7.05 Å². The third-order valence-electron chi connectivity index (χ3n) is 7.40. The van der Waals surface area contributed by atoms with Crippen molar-refractivity contribution in [2.45, 2.75) is 58.8 Å². The zero-order valence-corrected chi connectivity index (χ0v) is 20.6. The highest BCUT2D eigenvalue weighted by atomic mass is 16.1. The second-order valence-corrected chi connectivity index (χ2v) is 9.39. The van der Waals surface area contributed by atoms with Crippen molar-refractivity contribution in [1.29, 1.82) is 0 Å². The van der Waals surface area contributed by atoms with Crippen molar-refractivity contribution in [3.8, 4) is 0 Å². The van der Waals surface area contributed by atoms with Gasteiger partial charge in [0.05, 0.1) is 22.2 Å². The van der Waals surface area contributed by atoms with Crippen LogP contribution >= 0.6 is 0 Å². The van der Waals surface area contributed by atoms with Gasteiger partial charge in [0.2, 0.25) is 0 Å². The molecule has 0 N–H and O–H groups in total. The maximum atomic E-state index is 12.8. The molecule has 4 aromatic rings. The van der Waals surface area contributed by atoms with Gasteiger partial charge in [-0.25, -0.2) is 0 Å². The first-order chi connectivity index (χ1) is 16.4. The summed E-state index contributed by atoms with van der Waals surface area (Å²) in [5, 5.41) is 4.81. The second kappa shape index (κ2) is 8.83. The molecule has 0 spiro atoms. The van der Waals surface area contributed by atoms with E-state index in [2.05, 4.69) is 65.7 Å². The molecule has 4 heterocycles. The summed E-state index contributed by atoms with van der Waals surface area (Å²) in [6.07, 6.45) is 6.48. The van der Waals surface area contributed by atoms with E-state index in [-0.39, 0.29) is 17.6 Å². The maximum Gasteiger partial charge on any atom is 0.252 e. The molecule has 0 bridgehead atoms. The highest BCUT2D eigenvalue weighted by molar-refractivity contribution is 5.88. The van der Waals surface area contributed by atoms with Gasteiger partial charge in [0, 0.05) is 69.5 Å². The summed E-state index contributed by atoms with van der Waals surface area (Å²) in [4.78, 5) is 26.7. The van der Waals surface area contributed by atoms with Gasteiger partial charge in [-0.05, 0) is 44.9 Å². The number of anilines is 1. The van der Waals surface area contributed by atoms with Crippen LogP contribution in [0.5, 0.6) is 0 Å². The minimum absolute atomic E-state index is 0.00599. The van der Waals surface area contributed by atoms with E-state index in [0.717, 1.165) is 53.8 Å². The Kier molecular flexibility index (Phi) is 5.85. The molecule has 1 aliphatic rings. The van der Waals surface area contributed by atoms with E-state index in [1.807, 2.05) is 17.9 Å². The Morgan fingerprint density at radius 3 is 2.59 bits per heavy atom. The number of nitrogens with zero attached hydrogens (tertiary/aromatic N) is 7. The van der Waals surface area contributed by atoms with Crippen LogP contribution in [0.2, 0.25) is 0 Å². The third-order valence-corrected chi connectivity index (χ3v) is 7.40. The summed E-state index contributed by atoms with van der Waals surface area (Å²) < 4.78 is 3.61. The van der Waals surface area contributed by atoms with Gasteiger partial charge in [-0.2, -0.15) is 5.10 Å². The fraction of sp³-hybridized carbons (Fsp3) is 0.462. The van der Waals surface area contributed by atoms with Gasteiger partial charge >= 0.3 is 0 Å². The zero-order valence-electron chi connectivity index (χ0n) is 20.6. The summed E-state index contributed by atoms with van der Waals surface area (Å²) in [7, 11) is 1.82. The number of rotatable bonds is 5. The van der Waals surface area contributed by atoms with Crippen LogP contribution in [-0.4, -0.2) is 54.4 Å². The van der Waals surface area contributed by atoms with Crippen molar-refractivity contribution in [2.75, 3.05) is 18.0 Å². The first kappa shape index (κ1) is 22.5. The molecule has 0 radical (unpaired) electrons. The number of hydrogen-bond donors (Lipinski definition) is 0. The van der Waals surface area contributed by atoms with Crippen molar-refractivity contribution in [3.63, 3.8) is 0 Å². The van der Waals surface area contributed by atoms with Crippen LogP contribution in [0.4, 0.5) is 5.69 Å². The van der Waals surface area contributed by atoms with E-state index in [1.165, 1.54) is 5.56 Å². The first-order valence-electron chi connectivity index (χ1n) is 12.2. The molecular weight excluding hydrogens is 426 g/mol. The highest BCUT2D eigenvalue weighted by Crippen LogP contribution is 2.33. The predicted octanol–water partition coefficient (Wildman–Crippen LogP) is 3.75. The number of piperazine rings is 1. The van der Waals surface area contributed by atoms with E-state index >= 15 is 0 Å². The number of pyridine rings is 1. The lowest BCUT2D eigenvalue weighted by Crippen LogP contribution is -2.58. The molecule has 0 amide bonds. The Morgan fingerprint density at radius 2 is 1.85 bits per heavy atom. The number of benzene rings is 1. The molecule has 178 valence electrons. The van der Waals surface area contributed by atoms with Crippen LogP contribution in [-0.2, 0) is 13.6 Å². The smallest absolute Gasteiger partial charge is 0.252 e. The van der Waals surface area contributed by atoms with E-state index in [1.54, 1.807) is 23.0 Å². The summed E-state index contributed by atoms with van der Waals surface area (Å²) in [5.74, 6) is 0. The maximum absolute atomic E-state index is 12.8. The molecule has 1 aromatic carbocycles. The van der Waals surface area contributed by atoms with E-state index < -0.39 is 0 Å². The first-order valence-corrected chi connectivity index (χ1v) is 12.2. The average molecular weight is 460 g/mol. The van der Waals surface area contributed by atoms with Crippen LogP contribution in [0.3, 0.4) is 0 Å². The van der Waals surface area contributed by atoms with Crippen LogP contribution in [0, 0.1) is 0 Å². The molecule has 3 aromatic heterocycles. The summed E-state index contributed by atoms with van der Waals surface area (Å²) >= 11 is 0. The molecule has 8 nitrogen and oxygen atoms in total. The summed E-state index contributed by atoms with van der Waals surface area (Å²) in [5.41, 5.74) is 5.85. The Morgan fingerprint density at radius 1 is 1.09 bits per heavy atom. The fourth-order valence-electron chi connectivity index (χ4n) is 5.29. The van der Waals surface area contributed by atoms with Crippen molar-refractivity contribution >= 4 is 27.8 Å². The average Bonchev–Trinajstić information content (AvgIpc) is 3.30. The minimum Gasteiger partial charge on any atom is -0.364 e. The molecule has 1 aliphatic heterocycles. The lowest BCUT2D eigenvalue weighted by atomic mass is 9.98. The van der Waals surface area contributed by atoms with Crippen LogP contribution in [0.1, 0.15) is 45.7 Å². The van der Waals surface area contributed by atoms with E-state index in [0.29, 0.717) is 6.04 Å². The van der Waals surface area contributed by atoms with Gasteiger partial charge in [-0.15, -0.1) is 0 Å². The van der Waals surface area contributed by atoms with Crippen molar-refractivity contribution < 1.29 is 0 Å². The lowest BCUT2D eigenvalue weighted by molar-refractivity contribution is 0.106. The van der Waals surface area contributed by atoms with Crippen molar-refractivity contribution in [1.82, 2.24) is 29.2 Å². The second-order valence-electron chi connectivity index (χ2n) is 9.39. The quantitative estimate of drug-likeness (QED) is 0.453. The molecule has 5 rings (SSSR count). The van der Waals surface area contributed by atoms with Crippen LogP contribution < -0.4 is 10.5 Å².